The summed E-state index contributed by atoms with van der Waals surface area (Å²) in [6, 6.07) is 7.47. The molecule has 2 aromatic heterocycles. The molecule has 11 heteroatoms. The third kappa shape index (κ3) is 4.72. The van der Waals surface area contributed by atoms with Crippen LogP contribution in [0.2, 0.25) is 0 Å². The Hall–Kier alpha value is -3.34. The molecular formula is C22H28N6O4S. The predicted octanol–water partition coefficient (Wildman–Crippen LogP) is 2.05. The van der Waals surface area contributed by atoms with Crippen molar-refractivity contribution in [2.75, 3.05) is 18.6 Å². The van der Waals surface area contributed by atoms with Crippen molar-refractivity contribution in [1.82, 2.24) is 23.9 Å². The minimum Gasteiger partial charge on any atom is -0.496 e. The van der Waals surface area contributed by atoms with Crippen molar-refractivity contribution in [3.05, 3.63) is 50.7 Å². The second-order valence-corrected chi connectivity index (χ2v) is 8.82. The van der Waals surface area contributed by atoms with Crippen LogP contribution in [0.5, 0.6) is 5.75 Å². The van der Waals surface area contributed by atoms with E-state index in [0.717, 1.165) is 21.9 Å². The van der Waals surface area contributed by atoms with E-state index in [4.69, 9.17) is 10.5 Å². The van der Waals surface area contributed by atoms with Gasteiger partial charge in [-0.3, -0.25) is 18.7 Å². The molecule has 0 aliphatic heterocycles. The van der Waals surface area contributed by atoms with Crippen molar-refractivity contribution in [3.63, 3.8) is 0 Å². The molecule has 0 radical (unpaired) electrons. The van der Waals surface area contributed by atoms with Gasteiger partial charge in [-0.1, -0.05) is 37.7 Å². The second kappa shape index (κ2) is 10.1. The number of nitrogens with zero attached hydrogens (tertiary/aromatic N) is 5. The molecule has 2 heterocycles. The molecule has 10 nitrogen and oxygen atoms in total. The largest absolute Gasteiger partial charge is 0.496 e. The van der Waals surface area contributed by atoms with E-state index in [-0.39, 0.29) is 23.1 Å². The summed E-state index contributed by atoms with van der Waals surface area (Å²) in [6.07, 6.45) is 0. The number of hydrogen-bond donors (Lipinski definition) is 1. The molecule has 3 aromatic rings. The molecule has 0 aliphatic carbocycles. The Morgan fingerprint density at radius 1 is 1.18 bits per heavy atom. The third-order valence-corrected chi connectivity index (χ3v) is 6.09. The smallest absolute Gasteiger partial charge is 0.332 e. The molecule has 0 saturated carbocycles. The van der Waals surface area contributed by atoms with Gasteiger partial charge in [-0.15, -0.1) is 10.2 Å². The molecule has 1 aromatic carbocycles. The minimum absolute atomic E-state index is 0.0800. The number of ether oxygens (including phenoxy) is 1. The highest BCUT2D eigenvalue weighted by atomic mass is 32.2. The highest BCUT2D eigenvalue weighted by Gasteiger charge is 2.23. The van der Waals surface area contributed by atoms with E-state index in [2.05, 4.69) is 10.2 Å². The van der Waals surface area contributed by atoms with Gasteiger partial charge in [0.1, 0.15) is 17.1 Å². The molecule has 0 saturated heterocycles. The number of nitrogen functional groups attached to an aromatic ring is 1. The minimum atomic E-state index is -0.699. The summed E-state index contributed by atoms with van der Waals surface area (Å²) in [5.41, 5.74) is 5.48. The lowest BCUT2D eigenvalue weighted by molar-refractivity contribution is 0.102. The summed E-state index contributed by atoms with van der Waals surface area (Å²) in [7, 11) is 2.93. The van der Waals surface area contributed by atoms with Gasteiger partial charge in [0.15, 0.2) is 16.8 Å². The number of aromatic nitrogens is 5. The van der Waals surface area contributed by atoms with Crippen molar-refractivity contribution in [3.8, 4) is 17.1 Å². The summed E-state index contributed by atoms with van der Waals surface area (Å²) in [5.74, 6) is 0.732. The van der Waals surface area contributed by atoms with Crippen molar-refractivity contribution >= 4 is 23.4 Å². The lowest BCUT2D eigenvalue weighted by Gasteiger charge is -2.16. The molecule has 0 fully saturated rings. The van der Waals surface area contributed by atoms with Crippen LogP contribution < -0.4 is 21.7 Å². The van der Waals surface area contributed by atoms with Gasteiger partial charge < -0.3 is 15.0 Å². The Bertz CT molecular complexity index is 1290. The van der Waals surface area contributed by atoms with Gasteiger partial charge in [-0.2, -0.15) is 0 Å². The Morgan fingerprint density at radius 3 is 2.52 bits per heavy atom. The Balaban J connectivity index is 1.92. The number of nitrogens with two attached hydrogens (primary N) is 1. The SMILES string of the molecule is CCn1c(SCC(=O)c2c(N)n(CC(C)C)c(=O)n(C)c2=O)nnc1-c1ccccc1OC. The predicted molar refractivity (Wildman–Crippen MR) is 128 cm³/mol. The number of carbonyl (C=O) groups is 1. The number of benzene rings is 1. The van der Waals surface area contributed by atoms with Crippen molar-refractivity contribution < 1.29 is 9.53 Å². The van der Waals surface area contributed by atoms with E-state index in [1.165, 1.54) is 11.6 Å². The van der Waals surface area contributed by atoms with Crippen LogP contribution in [0.15, 0.2) is 39.0 Å². The molecule has 2 N–H and O–H groups in total. The maximum absolute atomic E-state index is 13.0. The fourth-order valence-corrected chi connectivity index (χ4v) is 4.37. The lowest BCUT2D eigenvalue weighted by Crippen LogP contribution is -2.43. The number of rotatable bonds is 9. The molecule has 0 aliphatic rings. The number of anilines is 1. The van der Waals surface area contributed by atoms with E-state index in [0.29, 0.717) is 29.8 Å². The van der Waals surface area contributed by atoms with Crippen LogP contribution in [-0.2, 0) is 20.1 Å². The van der Waals surface area contributed by atoms with Crippen LogP contribution in [-0.4, -0.2) is 42.5 Å². The van der Waals surface area contributed by atoms with Crippen LogP contribution in [0.1, 0.15) is 31.1 Å². The molecule has 3 rings (SSSR count). The topological polar surface area (TPSA) is 127 Å². The van der Waals surface area contributed by atoms with Gasteiger partial charge in [0.25, 0.3) is 5.56 Å². The molecular weight excluding hydrogens is 444 g/mol. The monoisotopic (exact) mass is 472 g/mol. The van der Waals surface area contributed by atoms with Crippen molar-refractivity contribution in [2.45, 2.75) is 39.0 Å². The van der Waals surface area contributed by atoms with E-state index in [1.807, 2.05) is 49.6 Å². The fraction of sp³-hybridized carbons (Fsp3) is 0.409. The van der Waals surface area contributed by atoms with E-state index < -0.39 is 17.0 Å². The number of para-hydroxylation sites is 1. The first-order chi connectivity index (χ1) is 15.7. The van der Waals surface area contributed by atoms with Crippen molar-refractivity contribution in [2.24, 2.45) is 13.0 Å². The second-order valence-electron chi connectivity index (χ2n) is 7.87. The summed E-state index contributed by atoms with van der Waals surface area (Å²) in [6.45, 7) is 6.67. The first kappa shape index (κ1) is 24.3. The van der Waals surface area contributed by atoms with Gasteiger partial charge in [0, 0.05) is 20.1 Å². The number of ketones is 1. The Morgan fingerprint density at radius 2 is 1.88 bits per heavy atom. The van der Waals surface area contributed by atoms with Crippen LogP contribution in [0.4, 0.5) is 5.82 Å². The fourth-order valence-electron chi connectivity index (χ4n) is 3.50. The maximum Gasteiger partial charge on any atom is 0.332 e. The molecule has 0 spiro atoms. The van der Waals surface area contributed by atoms with E-state index in [9.17, 15) is 14.4 Å². The first-order valence-corrected chi connectivity index (χ1v) is 11.5. The van der Waals surface area contributed by atoms with Crippen LogP contribution in [0, 0.1) is 5.92 Å². The highest BCUT2D eigenvalue weighted by Crippen LogP contribution is 2.31. The number of thioether (sulfide) groups is 1. The van der Waals surface area contributed by atoms with Crippen LogP contribution in [0.25, 0.3) is 11.4 Å². The molecule has 0 atom stereocenters. The highest BCUT2D eigenvalue weighted by molar-refractivity contribution is 7.99. The number of hydrogen-bond acceptors (Lipinski definition) is 8. The Kier molecular flexibility index (Phi) is 7.42. The zero-order valence-electron chi connectivity index (χ0n) is 19.4. The van der Waals surface area contributed by atoms with E-state index >= 15 is 0 Å². The Labute approximate surface area is 195 Å². The normalized spacial score (nSPS) is 11.2. The summed E-state index contributed by atoms with van der Waals surface area (Å²) in [4.78, 5) is 38.2. The molecule has 0 unspecified atom stereocenters. The molecule has 33 heavy (non-hydrogen) atoms. The number of Topliss-reactive ketones (excluding diaryl/α,β-unsaturated/α-hetero) is 1. The quantitative estimate of drug-likeness (QED) is 0.370. The van der Waals surface area contributed by atoms with Gasteiger partial charge in [-0.05, 0) is 25.0 Å². The third-order valence-electron chi connectivity index (χ3n) is 5.12. The van der Waals surface area contributed by atoms with Crippen molar-refractivity contribution in [1.29, 1.82) is 0 Å². The van der Waals surface area contributed by atoms with Gasteiger partial charge in [0.05, 0.1) is 18.4 Å². The van der Waals surface area contributed by atoms with Crippen LogP contribution in [0.3, 0.4) is 0 Å². The first-order valence-electron chi connectivity index (χ1n) is 10.5. The van der Waals surface area contributed by atoms with Crippen LogP contribution >= 0.6 is 11.8 Å². The molecule has 0 amide bonds. The average molecular weight is 473 g/mol. The number of methoxy groups -OCH3 is 1. The van der Waals surface area contributed by atoms with Gasteiger partial charge in [0.2, 0.25) is 0 Å². The van der Waals surface area contributed by atoms with E-state index in [1.54, 1.807) is 7.11 Å². The van der Waals surface area contributed by atoms with Gasteiger partial charge in [-0.25, -0.2) is 4.79 Å². The maximum atomic E-state index is 13.0. The summed E-state index contributed by atoms with van der Waals surface area (Å²) >= 11 is 1.16. The average Bonchev–Trinajstić information content (AvgIpc) is 3.21. The zero-order chi connectivity index (χ0) is 24.3. The summed E-state index contributed by atoms with van der Waals surface area (Å²) < 4.78 is 9.50. The lowest BCUT2D eigenvalue weighted by atomic mass is 10.2. The number of carbonyl (C=O) groups excluding carboxylic acids is 1. The zero-order valence-corrected chi connectivity index (χ0v) is 20.2. The molecule has 0 bridgehead atoms. The molecule has 176 valence electrons. The van der Waals surface area contributed by atoms with Gasteiger partial charge >= 0.3 is 5.69 Å². The summed E-state index contributed by atoms with van der Waals surface area (Å²) in [5, 5.41) is 9.05. The standard InChI is InChI=1S/C22H28N6O4S/c1-6-27-19(14-9-7-8-10-16(14)32-5)24-25-21(27)33-12-15(29)17-18(23)28(11-13(2)3)22(31)26(4)20(17)30/h7-10,13H,6,11-12,23H2,1-5H3.